The highest BCUT2D eigenvalue weighted by Gasteiger charge is 2.34. The number of aromatic nitrogens is 3. The van der Waals surface area contributed by atoms with E-state index < -0.39 is 6.04 Å². The van der Waals surface area contributed by atoms with Gasteiger partial charge in [-0.3, -0.25) is 9.59 Å². The number of carbonyl (C=O) groups is 2. The Morgan fingerprint density at radius 2 is 1.96 bits per heavy atom. The van der Waals surface area contributed by atoms with Gasteiger partial charge in [-0.1, -0.05) is 35.5 Å². The summed E-state index contributed by atoms with van der Waals surface area (Å²) in [6, 6.07) is 9.65. The van der Waals surface area contributed by atoms with Crippen molar-refractivity contribution in [1.82, 2.24) is 30.5 Å². The number of carbonyl (C=O) groups excluding carboxylic acids is 2. The third kappa shape index (κ3) is 3.77. The highest BCUT2D eigenvalue weighted by molar-refractivity contribution is 5.97. The van der Waals surface area contributed by atoms with Crippen LogP contribution in [0.25, 0.3) is 0 Å². The Labute approximate surface area is 164 Å². The third-order valence-electron chi connectivity index (χ3n) is 5.62. The zero-order chi connectivity index (χ0) is 19.5. The van der Waals surface area contributed by atoms with Crippen LogP contribution < -0.4 is 10.6 Å². The number of amides is 2. The van der Waals surface area contributed by atoms with Crippen molar-refractivity contribution in [2.24, 2.45) is 0 Å². The summed E-state index contributed by atoms with van der Waals surface area (Å²) in [6.45, 7) is 4.96. The topological polar surface area (TPSA) is 92.2 Å². The summed E-state index contributed by atoms with van der Waals surface area (Å²) in [5.41, 5.74) is 2.16. The number of hydrogen-bond acceptors (Lipinski definition) is 5. The lowest BCUT2D eigenvalue weighted by Crippen LogP contribution is -2.41. The Hall–Kier alpha value is -2.74. The van der Waals surface area contributed by atoms with E-state index in [1.54, 1.807) is 4.90 Å². The van der Waals surface area contributed by atoms with Crippen LogP contribution in [0.2, 0.25) is 0 Å². The molecule has 2 saturated heterocycles. The maximum Gasteiger partial charge on any atom is 0.274 e. The fraction of sp³-hybridized carbons (Fsp3) is 0.500. The van der Waals surface area contributed by atoms with Crippen LogP contribution in [0.5, 0.6) is 0 Å². The first-order valence-corrected chi connectivity index (χ1v) is 9.89. The van der Waals surface area contributed by atoms with Crippen molar-refractivity contribution in [3.05, 3.63) is 47.3 Å². The van der Waals surface area contributed by atoms with Crippen molar-refractivity contribution in [3.63, 3.8) is 0 Å². The van der Waals surface area contributed by atoms with Crippen LogP contribution in [0.4, 0.5) is 0 Å². The number of likely N-dealkylation sites (tertiary alicyclic amines) is 1. The van der Waals surface area contributed by atoms with Gasteiger partial charge in [0.2, 0.25) is 5.91 Å². The number of nitrogens with one attached hydrogen (secondary N) is 2. The zero-order valence-electron chi connectivity index (χ0n) is 16.1. The lowest BCUT2D eigenvalue weighted by Gasteiger charge is -2.23. The molecular weight excluding hydrogens is 356 g/mol. The van der Waals surface area contributed by atoms with Crippen LogP contribution in [0, 0.1) is 6.92 Å². The highest BCUT2D eigenvalue weighted by Crippen LogP contribution is 2.21. The Balaban J connectivity index is 1.39. The van der Waals surface area contributed by atoms with Crippen LogP contribution in [0.3, 0.4) is 0 Å². The molecule has 2 fully saturated rings. The molecule has 8 nitrogen and oxygen atoms in total. The first-order valence-electron chi connectivity index (χ1n) is 9.89. The molecule has 28 heavy (non-hydrogen) atoms. The smallest absolute Gasteiger partial charge is 0.274 e. The van der Waals surface area contributed by atoms with E-state index in [0.29, 0.717) is 25.2 Å². The first-order chi connectivity index (χ1) is 13.6. The fourth-order valence-corrected chi connectivity index (χ4v) is 4.01. The van der Waals surface area contributed by atoms with Crippen LogP contribution in [0.15, 0.2) is 30.3 Å². The predicted molar refractivity (Wildman–Crippen MR) is 104 cm³/mol. The molecule has 8 heteroatoms. The molecule has 148 valence electrons. The molecule has 1 aromatic heterocycles. The summed E-state index contributed by atoms with van der Waals surface area (Å²) in [4.78, 5) is 27.2. The Morgan fingerprint density at radius 1 is 1.21 bits per heavy atom. The summed E-state index contributed by atoms with van der Waals surface area (Å²) < 4.78 is 1.86. The van der Waals surface area contributed by atoms with Gasteiger partial charge in [0.1, 0.15) is 6.04 Å². The van der Waals surface area contributed by atoms with Crippen molar-refractivity contribution >= 4 is 11.8 Å². The molecule has 0 bridgehead atoms. The summed E-state index contributed by atoms with van der Waals surface area (Å²) >= 11 is 0. The molecule has 1 aromatic carbocycles. The number of piperidine rings is 1. The summed E-state index contributed by atoms with van der Waals surface area (Å²) in [5, 5.41) is 14.5. The van der Waals surface area contributed by atoms with Gasteiger partial charge in [-0.25, -0.2) is 4.68 Å². The number of rotatable bonds is 5. The van der Waals surface area contributed by atoms with Crippen LogP contribution in [0.1, 0.15) is 47.1 Å². The second kappa shape index (κ2) is 8.10. The monoisotopic (exact) mass is 382 g/mol. The molecule has 1 unspecified atom stereocenters. The predicted octanol–water partition coefficient (Wildman–Crippen LogP) is 1.04. The van der Waals surface area contributed by atoms with Crippen molar-refractivity contribution in [2.45, 2.75) is 44.8 Å². The molecule has 0 spiro atoms. The van der Waals surface area contributed by atoms with Crippen LogP contribution >= 0.6 is 0 Å². The highest BCUT2D eigenvalue weighted by atomic mass is 16.2. The zero-order valence-corrected chi connectivity index (χ0v) is 16.1. The first kappa shape index (κ1) is 18.6. The van der Waals surface area contributed by atoms with Gasteiger partial charge in [-0.15, -0.1) is 5.10 Å². The van der Waals surface area contributed by atoms with Crippen LogP contribution in [-0.2, 0) is 11.3 Å². The maximum absolute atomic E-state index is 12.7. The minimum absolute atomic E-state index is 0.0411. The average molecular weight is 382 g/mol. The molecule has 1 atom stereocenters. The number of hydrogen-bond donors (Lipinski definition) is 2. The molecule has 2 N–H and O–H groups in total. The number of benzene rings is 1. The lowest BCUT2D eigenvalue weighted by atomic mass is 10.1. The largest absolute Gasteiger partial charge is 0.339 e. The minimum Gasteiger partial charge on any atom is -0.339 e. The van der Waals surface area contributed by atoms with Crippen molar-refractivity contribution in [2.75, 3.05) is 19.6 Å². The molecule has 0 aliphatic carbocycles. The van der Waals surface area contributed by atoms with E-state index in [4.69, 9.17) is 0 Å². The molecular formula is C20H26N6O2. The minimum atomic E-state index is -0.500. The summed E-state index contributed by atoms with van der Waals surface area (Å²) in [5.74, 6) is -0.363. The van der Waals surface area contributed by atoms with Gasteiger partial charge >= 0.3 is 0 Å². The van der Waals surface area contributed by atoms with Crippen molar-refractivity contribution in [3.8, 4) is 0 Å². The van der Waals surface area contributed by atoms with E-state index in [2.05, 4.69) is 20.9 Å². The van der Waals surface area contributed by atoms with Gasteiger partial charge < -0.3 is 15.5 Å². The molecule has 2 amide bonds. The van der Waals surface area contributed by atoms with Gasteiger partial charge in [0, 0.05) is 13.1 Å². The molecule has 0 saturated carbocycles. The lowest BCUT2D eigenvalue weighted by molar-refractivity contribution is -0.129. The quantitative estimate of drug-likeness (QED) is 0.806. The summed E-state index contributed by atoms with van der Waals surface area (Å²) in [6.07, 6.45) is 2.56. The molecule has 4 rings (SSSR count). The second-order valence-corrected chi connectivity index (χ2v) is 7.51. The fourth-order valence-electron chi connectivity index (χ4n) is 4.01. The van der Waals surface area contributed by atoms with Gasteiger partial charge in [0.15, 0.2) is 5.69 Å². The molecule has 0 radical (unpaired) electrons. The normalized spacial score (nSPS) is 20.5. The SMILES string of the molecule is Cc1c(C(=O)NC2CCN(Cc3ccccc3)C2=O)nnn1C1CCNCC1. The molecule has 2 aliphatic heterocycles. The van der Waals surface area contributed by atoms with Gasteiger partial charge in [0.25, 0.3) is 5.91 Å². The van der Waals surface area contributed by atoms with E-state index in [1.165, 1.54) is 0 Å². The standard InChI is InChI=1S/C20H26N6O2/c1-14-18(23-24-26(14)16-7-10-21-11-8-16)19(27)22-17-9-12-25(20(17)28)13-15-5-3-2-4-6-15/h2-6,16-17,21H,7-13H2,1H3,(H,22,27). The Kier molecular flexibility index (Phi) is 5.38. The van der Waals surface area contributed by atoms with E-state index in [-0.39, 0.29) is 17.9 Å². The Bertz CT molecular complexity index is 844. The Morgan fingerprint density at radius 3 is 2.71 bits per heavy atom. The molecule has 2 aliphatic rings. The van der Waals surface area contributed by atoms with Crippen molar-refractivity contribution in [1.29, 1.82) is 0 Å². The van der Waals surface area contributed by atoms with Gasteiger partial charge in [0.05, 0.1) is 11.7 Å². The second-order valence-electron chi connectivity index (χ2n) is 7.51. The van der Waals surface area contributed by atoms with Gasteiger partial charge in [-0.2, -0.15) is 0 Å². The van der Waals surface area contributed by atoms with Crippen molar-refractivity contribution < 1.29 is 9.59 Å². The molecule has 2 aromatic rings. The van der Waals surface area contributed by atoms with E-state index >= 15 is 0 Å². The molecule has 3 heterocycles. The third-order valence-corrected chi connectivity index (χ3v) is 5.62. The van der Waals surface area contributed by atoms with E-state index in [9.17, 15) is 9.59 Å². The van der Waals surface area contributed by atoms with E-state index in [1.807, 2.05) is 41.9 Å². The van der Waals surface area contributed by atoms with Gasteiger partial charge in [-0.05, 0) is 44.8 Å². The van der Waals surface area contributed by atoms with Crippen LogP contribution in [-0.4, -0.2) is 57.4 Å². The maximum atomic E-state index is 12.7. The van der Waals surface area contributed by atoms with E-state index in [0.717, 1.165) is 37.2 Å². The average Bonchev–Trinajstić information content (AvgIpc) is 3.27. The summed E-state index contributed by atoms with van der Waals surface area (Å²) in [7, 11) is 0. The number of nitrogens with zero attached hydrogens (tertiary/aromatic N) is 4.